The van der Waals surface area contributed by atoms with Gasteiger partial charge in [0.2, 0.25) is 5.76 Å². The zero-order valence-corrected chi connectivity index (χ0v) is 14.5. The Bertz CT molecular complexity index is 688. The molecule has 1 amide bonds. The number of nitrogens with zero attached hydrogens (tertiary/aromatic N) is 4. The fraction of sp³-hybridized carbons (Fsp3) is 0.571. The van der Waals surface area contributed by atoms with Crippen molar-refractivity contribution in [3.05, 3.63) is 27.9 Å². The van der Waals surface area contributed by atoms with Gasteiger partial charge in [0.15, 0.2) is 6.39 Å². The maximum atomic E-state index is 12.2. The van der Waals surface area contributed by atoms with Gasteiger partial charge in [-0.2, -0.15) is 0 Å². The molecule has 23 heavy (non-hydrogen) atoms. The minimum atomic E-state index is -0.215. The first-order valence-electron chi connectivity index (χ1n) is 7.46. The second-order valence-corrected chi connectivity index (χ2v) is 7.14. The fourth-order valence-corrected chi connectivity index (χ4v) is 3.38. The summed E-state index contributed by atoms with van der Waals surface area (Å²) in [5.74, 6) is 0.0646. The Morgan fingerprint density at radius 1 is 1.57 bits per heavy atom. The number of rotatable bonds is 4. The average Bonchev–Trinajstić information content (AvgIpc) is 3.11. The van der Waals surface area contributed by atoms with Crippen LogP contribution in [-0.4, -0.2) is 44.0 Å². The second-order valence-electron chi connectivity index (χ2n) is 5.79. The van der Waals surface area contributed by atoms with E-state index in [1.807, 2.05) is 0 Å². The van der Waals surface area contributed by atoms with E-state index in [-0.39, 0.29) is 17.7 Å². The van der Waals surface area contributed by atoms with Crippen LogP contribution < -0.4 is 5.32 Å². The molecule has 3 heterocycles. The number of aromatic nitrogens is 3. The summed E-state index contributed by atoms with van der Waals surface area (Å²) in [5.41, 5.74) is 1.39. The van der Waals surface area contributed by atoms with Crippen molar-refractivity contribution < 1.29 is 9.21 Å². The summed E-state index contributed by atoms with van der Waals surface area (Å²) in [7, 11) is 0. The van der Waals surface area contributed by atoms with E-state index in [0.29, 0.717) is 22.6 Å². The van der Waals surface area contributed by atoms with Crippen LogP contribution in [0.15, 0.2) is 10.8 Å². The van der Waals surface area contributed by atoms with Crippen LogP contribution in [0.4, 0.5) is 0 Å². The number of hydrogen-bond acceptors (Lipinski definition) is 7. The third-order valence-electron chi connectivity index (χ3n) is 4.16. The lowest BCUT2D eigenvalue weighted by Crippen LogP contribution is -2.50. The van der Waals surface area contributed by atoms with E-state index < -0.39 is 0 Å². The van der Waals surface area contributed by atoms with Gasteiger partial charge in [0.1, 0.15) is 10.0 Å². The summed E-state index contributed by atoms with van der Waals surface area (Å²) in [4.78, 5) is 18.5. The molecule has 2 aromatic rings. The number of piperidine rings is 1. The molecule has 1 aliphatic rings. The predicted octanol–water partition coefficient (Wildman–Crippen LogP) is 2.27. The number of hydrogen-bond donors (Lipinski definition) is 1. The highest BCUT2D eigenvalue weighted by atomic mass is 35.5. The van der Waals surface area contributed by atoms with Crippen LogP contribution in [0.5, 0.6) is 0 Å². The minimum absolute atomic E-state index is 0.0635. The lowest BCUT2D eigenvalue weighted by molar-refractivity contribution is 0.0824. The lowest BCUT2D eigenvalue weighted by Gasteiger charge is -2.37. The van der Waals surface area contributed by atoms with E-state index in [2.05, 4.69) is 31.7 Å². The number of carbonyl (C=O) groups is 1. The minimum Gasteiger partial charge on any atom is -0.438 e. The quantitative estimate of drug-likeness (QED) is 0.905. The van der Waals surface area contributed by atoms with Crippen LogP contribution in [0.3, 0.4) is 0 Å². The molecule has 0 aliphatic carbocycles. The second kappa shape index (κ2) is 6.94. The first-order valence-corrected chi connectivity index (χ1v) is 8.61. The number of carbonyl (C=O) groups excluding carboxylic acids is 1. The monoisotopic (exact) mass is 355 g/mol. The molecule has 0 bridgehead atoms. The normalized spacial score (nSPS) is 22.2. The summed E-state index contributed by atoms with van der Waals surface area (Å²) < 4.78 is 9.64. The van der Waals surface area contributed by atoms with Crippen LogP contribution in [-0.2, 0) is 6.54 Å². The highest BCUT2D eigenvalue weighted by molar-refractivity contribution is 7.10. The fourth-order valence-electron chi connectivity index (χ4n) is 2.77. The van der Waals surface area contributed by atoms with Crippen LogP contribution in [0.1, 0.15) is 41.7 Å². The zero-order valence-electron chi connectivity index (χ0n) is 13.0. The standard InChI is InChI=1S/C14H18ClN5O2S/c1-8-3-4-10(17-14(21)12-9(2)16-7-22-12)5-20(8)6-11-13(15)23-19-18-11/h7-8,10H,3-6H2,1-2H3,(H,17,21). The van der Waals surface area contributed by atoms with E-state index in [0.717, 1.165) is 25.1 Å². The number of nitrogens with one attached hydrogen (secondary N) is 1. The largest absolute Gasteiger partial charge is 0.438 e. The molecule has 0 aromatic carbocycles. The maximum absolute atomic E-state index is 12.2. The van der Waals surface area contributed by atoms with Crippen LogP contribution in [0.25, 0.3) is 0 Å². The molecular formula is C14H18ClN5O2S. The van der Waals surface area contributed by atoms with Gasteiger partial charge in [-0.05, 0) is 26.7 Å². The Kier molecular flexibility index (Phi) is 4.93. The highest BCUT2D eigenvalue weighted by Gasteiger charge is 2.28. The number of amides is 1. The van der Waals surface area contributed by atoms with Crippen molar-refractivity contribution >= 4 is 29.0 Å². The van der Waals surface area contributed by atoms with Crippen molar-refractivity contribution in [3.63, 3.8) is 0 Å². The van der Waals surface area contributed by atoms with Crippen molar-refractivity contribution in [2.24, 2.45) is 0 Å². The van der Waals surface area contributed by atoms with Gasteiger partial charge in [-0.1, -0.05) is 16.1 Å². The molecule has 1 aliphatic heterocycles. The topological polar surface area (TPSA) is 84.2 Å². The molecule has 2 atom stereocenters. The van der Waals surface area contributed by atoms with E-state index in [9.17, 15) is 4.79 Å². The van der Waals surface area contributed by atoms with Crippen molar-refractivity contribution in [2.75, 3.05) is 6.54 Å². The molecular weight excluding hydrogens is 338 g/mol. The van der Waals surface area contributed by atoms with Gasteiger partial charge < -0.3 is 9.73 Å². The number of halogens is 1. The van der Waals surface area contributed by atoms with Crippen LogP contribution >= 0.6 is 23.1 Å². The number of aryl methyl sites for hydroxylation is 1. The third kappa shape index (κ3) is 3.70. The van der Waals surface area contributed by atoms with E-state index in [4.69, 9.17) is 16.0 Å². The molecule has 1 saturated heterocycles. The highest BCUT2D eigenvalue weighted by Crippen LogP contribution is 2.24. The van der Waals surface area contributed by atoms with Gasteiger partial charge in [-0.3, -0.25) is 9.69 Å². The van der Waals surface area contributed by atoms with Gasteiger partial charge in [0, 0.05) is 36.7 Å². The van der Waals surface area contributed by atoms with Crippen molar-refractivity contribution in [1.29, 1.82) is 0 Å². The lowest BCUT2D eigenvalue weighted by atomic mass is 9.99. The molecule has 0 saturated carbocycles. The third-order valence-corrected chi connectivity index (χ3v) is 5.14. The SMILES string of the molecule is Cc1ncoc1C(=O)NC1CCC(C)N(Cc2nnsc2Cl)C1. The molecule has 1 N–H and O–H groups in total. The molecule has 124 valence electrons. The van der Waals surface area contributed by atoms with Gasteiger partial charge >= 0.3 is 0 Å². The Morgan fingerprint density at radius 2 is 2.39 bits per heavy atom. The Hall–Kier alpha value is -1.51. The Balaban J connectivity index is 1.62. The summed E-state index contributed by atoms with van der Waals surface area (Å²) in [6.45, 7) is 5.31. The first kappa shape index (κ1) is 16.4. The van der Waals surface area contributed by atoms with Crippen molar-refractivity contribution in [1.82, 2.24) is 24.8 Å². The predicted molar refractivity (Wildman–Crippen MR) is 86.5 cm³/mol. The number of likely N-dealkylation sites (tertiary alicyclic amines) is 1. The molecule has 3 rings (SSSR count). The smallest absolute Gasteiger partial charge is 0.289 e. The van der Waals surface area contributed by atoms with Crippen LogP contribution in [0, 0.1) is 6.92 Å². The molecule has 1 fully saturated rings. The van der Waals surface area contributed by atoms with Crippen molar-refractivity contribution in [3.8, 4) is 0 Å². The number of oxazole rings is 1. The van der Waals surface area contributed by atoms with E-state index in [1.165, 1.54) is 17.9 Å². The van der Waals surface area contributed by atoms with Gasteiger partial charge in [0.05, 0.1) is 5.69 Å². The summed E-state index contributed by atoms with van der Waals surface area (Å²) in [6.07, 6.45) is 3.21. The molecule has 2 unspecified atom stereocenters. The van der Waals surface area contributed by atoms with E-state index in [1.54, 1.807) is 6.92 Å². The average molecular weight is 356 g/mol. The molecule has 9 heteroatoms. The molecule has 0 spiro atoms. The molecule has 0 radical (unpaired) electrons. The summed E-state index contributed by atoms with van der Waals surface area (Å²) >= 11 is 7.28. The van der Waals surface area contributed by atoms with Gasteiger partial charge in [0.25, 0.3) is 5.91 Å². The molecule has 2 aromatic heterocycles. The molecule has 7 nitrogen and oxygen atoms in total. The maximum Gasteiger partial charge on any atom is 0.289 e. The summed E-state index contributed by atoms with van der Waals surface area (Å²) in [5, 5.41) is 7.09. The van der Waals surface area contributed by atoms with Crippen molar-refractivity contribution in [2.45, 2.75) is 45.3 Å². The van der Waals surface area contributed by atoms with Gasteiger partial charge in [-0.25, -0.2) is 4.98 Å². The summed E-state index contributed by atoms with van der Waals surface area (Å²) in [6, 6.07) is 0.474. The van der Waals surface area contributed by atoms with Gasteiger partial charge in [-0.15, -0.1) is 5.10 Å². The Labute approximate surface area is 143 Å². The zero-order chi connectivity index (χ0) is 16.4. The Morgan fingerprint density at radius 3 is 3.04 bits per heavy atom. The van der Waals surface area contributed by atoms with Crippen LogP contribution in [0.2, 0.25) is 4.34 Å². The first-order chi connectivity index (χ1) is 11.0. The van der Waals surface area contributed by atoms with E-state index >= 15 is 0 Å².